The standard InChI is InChI=1S/C48H57N3O3/c1-37-15-12-22-45(29-37)52-34-48(35-53-46-23-13-16-38(2)30-46,36-54-47-24-14-17-39(3)31-47)33-50(5)49-40(4)32-41-25-27-44(28-26-41)51(42-18-8-6-9-19-42)43-20-10-7-11-21-43/h6-13,15-16,18-23,25-30,39,47H,14,17,24,31-36H2,1-5H3/b49-40+/t39-,47+/m1/s1. The molecule has 0 N–H and O–H groups in total. The first-order valence-corrected chi connectivity index (χ1v) is 19.5. The van der Waals surface area contributed by atoms with Gasteiger partial charge in [0.05, 0.1) is 24.7 Å². The predicted octanol–water partition coefficient (Wildman–Crippen LogP) is 11.4. The minimum Gasteiger partial charge on any atom is -0.493 e. The van der Waals surface area contributed by atoms with Crippen LogP contribution in [0.4, 0.5) is 17.1 Å². The van der Waals surface area contributed by atoms with Crippen molar-refractivity contribution < 1.29 is 14.2 Å². The van der Waals surface area contributed by atoms with Crippen molar-refractivity contribution in [2.45, 2.75) is 65.9 Å². The van der Waals surface area contributed by atoms with Crippen LogP contribution in [0, 0.1) is 25.2 Å². The summed E-state index contributed by atoms with van der Waals surface area (Å²) in [4.78, 5) is 2.28. The van der Waals surface area contributed by atoms with Gasteiger partial charge in [-0.05, 0) is 117 Å². The lowest BCUT2D eigenvalue weighted by Gasteiger charge is -2.38. The highest BCUT2D eigenvalue weighted by Crippen LogP contribution is 2.34. The van der Waals surface area contributed by atoms with Crippen LogP contribution in [-0.2, 0) is 11.2 Å². The van der Waals surface area contributed by atoms with Gasteiger partial charge < -0.3 is 19.1 Å². The zero-order chi connectivity index (χ0) is 37.8. The van der Waals surface area contributed by atoms with Crippen molar-refractivity contribution in [3.05, 3.63) is 150 Å². The normalized spacial score (nSPS) is 16.1. The minimum atomic E-state index is -0.493. The second-order valence-corrected chi connectivity index (χ2v) is 15.4. The lowest BCUT2D eigenvalue weighted by Crippen LogP contribution is -2.48. The van der Waals surface area contributed by atoms with E-state index < -0.39 is 5.41 Å². The van der Waals surface area contributed by atoms with Gasteiger partial charge in [0.15, 0.2) is 0 Å². The number of anilines is 3. The summed E-state index contributed by atoms with van der Waals surface area (Å²) in [5.41, 5.74) is 7.44. The fourth-order valence-electron chi connectivity index (χ4n) is 7.48. The maximum absolute atomic E-state index is 6.80. The van der Waals surface area contributed by atoms with Crippen molar-refractivity contribution in [1.82, 2.24) is 5.01 Å². The van der Waals surface area contributed by atoms with E-state index in [0.29, 0.717) is 32.3 Å². The Morgan fingerprint density at radius 2 is 1.24 bits per heavy atom. The largest absolute Gasteiger partial charge is 0.493 e. The Hall–Kier alpha value is -5.07. The maximum Gasteiger partial charge on any atom is 0.119 e. The molecule has 1 aliphatic rings. The van der Waals surface area contributed by atoms with E-state index >= 15 is 0 Å². The zero-order valence-corrected chi connectivity index (χ0v) is 32.8. The molecule has 0 radical (unpaired) electrons. The molecule has 54 heavy (non-hydrogen) atoms. The van der Waals surface area contributed by atoms with Crippen molar-refractivity contribution in [2.24, 2.45) is 16.4 Å². The zero-order valence-electron chi connectivity index (χ0n) is 32.8. The van der Waals surface area contributed by atoms with Crippen LogP contribution in [0.25, 0.3) is 0 Å². The second-order valence-electron chi connectivity index (χ2n) is 15.4. The number of ether oxygens (including phenoxy) is 3. The molecule has 0 spiro atoms. The van der Waals surface area contributed by atoms with Crippen LogP contribution in [0.1, 0.15) is 56.2 Å². The van der Waals surface area contributed by atoms with E-state index in [1.165, 1.54) is 29.5 Å². The molecule has 0 heterocycles. The Morgan fingerprint density at radius 1 is 0.685 bits per heavy atom. The summed E-state index contributed by atoms with van der Waals surface area (Å²) in [6.07, 6.45) is 5.65. The van der Waals surface area contributed by atoms with E-state index in [1.54, 1.807) is 0 Å². The van der Waals surface area contributed by atoms with Gasteiger partial charge in [0.1, 0.15) is 24.7 Å². The molecule has 0 aliphatic heterocycles. The number of nitrogens with zero attached hydrogens (tertiary/aromatic N) is 3. The molecule has 2 atom stereocenters. The minimum absolute atomic E-state index is 0.240. The fourth-order valence-corrected chi connectivity index (χ4v) is 7.48. The summed E-state index contributed by atoms with van der Waals surface area (Å²) >= 11 is 0. The summed E-state index contributed by atoms with van der Waals surface area (Å²) in [6.45, 7) is 10.6. The van der Waals surface area contributed by atoms with Gasteiger partial charge in [0.25, 0.3) is 0 Å². The Balaban J connectivity index is 1.21. The van der Waals surface area contributed by atoms with Crippen LogP contribution in [0.3, 0.4) is 0 Å². The first kappa shape index (κ1) is 38.6. The number of hydrogen-bond donors (Lipinski definition) is 0. The predicted molar refractivity (Wildman–Crippen MR) is 224 cm³/mol. The smallest absolute Gasteiger partial charge is 0.119 e. The van der Waals surface area contributed by atoms with Crippen molar-refractivity contribution in [1.29, 1.82) is 0 Å². The fraction of sp³-hybridized carbons (Fsp3) is 0.354. The van der Waals surface area contributed by atoms with Crippen LogP contribution in [0.5, 0.6) is 11.5 Å². The molecular weight excluding hydrogens is 667 g/mol. The van der Waals surface area contributed by atoms with E-state index in [0.717, 1.165) is 53.5 Å². The van der Waals surface area contributed by atoms with Gasteiger partial charge >= 0.3 is 0 Å². The molecule has 6 rings (SSSR count). The SMILES string of the molecule is C/C(Cc1ccc(N(c2ccccc2)c2ccccc2)cc1)=N\N(C)CC(COc1cccc(C)c1)(COc1cccc(C)c1)CO[C@H]1CCC[C@@H](C)C1. The third kappa shape index (κ3) is 11.2. The average Bonchev–Trinajstić information content (AvgIpc) is 3.17. The summed E-state index contributed by atoms with van der Waals surface area (Å²) in [5, 5.41) is 7.19. The van der Waals surface area contributed by atoms with Gasteiger partial charge in [-0.1, -0.05) is 92.6 Å². The molecule has 0 aromatic heterocycles. The highest BCUT2D eigenvalue weighted by molar-refractivity contribution is 5.84. The molecule has 1 saturated carbocycles. The lowest BCUT2D eigenvalue weighted by atomic mass is 9.87. The molecule has 1 fully saturated rings. The van der Waals surface area contributed by atoms with Crippen LogP contribution in [0.2, 0.25) is 0 Å². The molecule has 282 valence electrons. The summed E-state index contributed by atoms with van der Waals surface area (Å²) in [7, 11) is 2.06. The topological polar surface area (TPSA) is 46.5 Å². The summed E-state index contributed by atoms with van der Waals surface area (Å²) in [6, 6.07) is 46.3. The van der Waals surface area contributed by atoms with E-state index in [-0.39, 0.29) is 6.10 Å². The van der Waals surface area contributed by atoms with Crippen molar-refractivity contribution in [3.8, 4) is 11.5 Å². The molecule has 6 heteroatoms. The van der Waals surface area contributed by atoms with E-state index in [4.69, 9.17) is 19.3 Å². The van der Waals surface area contributed by atoms with E-state index in [1.807, 2.05) is 24.3 Å². The number of aryl methyl sites for hydroxylation is 2. The third-order valence-corrected chi connectivity index (χ3v) is 10.2. The number of hydrazone groups is 1. The summed E-state index contributed by atoms with van der Waals surface area (Å²) < 4.78 is 20.0. The monoisotopic (exact) mass is 723 g/mol. The van der Waals surface area contributed by atoms with Crippen LogP contribution < -0.4 is 14.4 Å². The van der Waals surface area contributed by atoms with Crippen LogP contribution in [0.15, 0.2) is 139 Å². The Kier molecular flexibility index (Phi) is 13.5. The molecule has 0 saturated heterocycles. The Morgan fingerprint density at radius 3 is 1.78 bits per heavy atom. The summed E-state index contributed by atoms with van der Waals surface area (Å²) in [5.74, 6) is 2.38. The van der Waals surface area contributed by atoms with Crippen molar-refractivity contribution in [2.75, 3.05) is 38.3 Å². The number of para-hydroxylation sites is 2. The Bertz CT molecular complexity index is 1820. The molecule has 6 nitrogen and oxygen atoms in total. The van der Waals surface area contributed by atoms with Gasteiger partial charge in [-0.2, -0.15) is 5.10 Å². The van der Waals surface area contributed by atoms with E-state index in [2.05, 4.69) is 154 Å². The van der Waals surface area contributed by atoms with Gasteiger partial charge in [0, 0.05) is 36.2 Å². The second kappa shape index (κ2) is 18.8. The van der Waals surface area contributed by atoms with E-state index in [9.17, 15) is 0 Å². The quantitative estimate of drug-likeness (QED) is 0.0706. The first-order chi connectivity index (χ1) is 26.2. The lowest BCUT2D eigenvalue weighted by molar-refractivity contribution is -0.0720. The average molecular weight is 724 g/mol. The molecule has 0 amide bonds. The highest BCUT2D eigenvalue weighted by Gasteiger charge is 2.37. The van der Waals surface area contributed by atoms with Gasteiger partial charge in [-0.25, -0.2) is 0 Å². The number of benzene rings is 5. The van der Waals surface area contributed by atoms with Crippen molar-refractivity contribution in [3.63, 3.8) is 0 Å². The molecule has 5 aromatic carbocycles. The van der Waals surface area contributed by atoms with Gasteiger partial charge in [-0.15, -0.1) is 0 Å². The molecular formula is C48H57N3O3. The highest BCUT2D eigenvalue weighted by atomic mass is 16.5. The molecule has 5 aromatic rings. The van der Waals surface area contributed by atoms with Gasteiger partial charge in [-0.3, -0.25) is 5.01 Å². The maximum atomic E-state index is 6.80. The third-order valence-electron chi connectivity index (χ3n) is 10.2. The first-order valence-electron chi connectivity index (χ1n) is 19.5. The van der Waals surface area contributed by atoms with Crippen LogP contribution in [-0.4, -0.2) is 50.2 Å². The number of rotatable bonds is 17. The Labute approximate surface area is 323 Å². The van der Waals surface area contributed by atoms with Crippen molar-refractivity contribution >= 4 is 22.8 Å². The molecule has 0 unspecified atom stereocenters. The van der Waals surface area contributed by atoms with Gasteiger partial charge in [0.2, 0.25) is 0 Å². The van der Waals surface area contributed by atoms with Crippen LogP contribution >= 0.6 is 0 Å². The molecule has 1 aliphatic carbocycles. The molecule has 0 bridgehead atoms. The number of hydrogen-bond acceptors (Lipinski definition) is 6.